The zero-order valence-electron chi connectivity index (χ0n) is 12.0. The molecule has 1 atom stereocenters. The van der Waals surface area contributed by atoms with Crippen LogP contribution in [0, 0.1) is 5.82 Å². The number of hydrogen-bond donors (Lipinski definition) is 1. The van der Waals surface area contributed by atoms with E-state index in [0.29, 0.717) is 12.0 Å². The average Bonchev–Trinajstić information content (AvgIpc) is 2.44. The first-order chi connectivity index (χ1) is 10.1. The summed E-state index contributed by atoms with van der Waals surface area (Å²) in [5.74, 6) is 0.271. The first-order valence-electron chi connectivity index (χ1n) is 7.39. The Morgan fingerprint density at radius 2 is 1.76 bits per heavy atom. The molecule has 0 amide bonds. The van der Waals surface area contributed by atoms with Crippen LogP contribution in [0.25, 0.3) is 0 Å². The van der Waals surface area contributed by atoms with Crippen LogP contribution in [0.2, 0.25) is 5.02 Å². The second kappa shape index (κ2) is 6.17. The summed E-state index contributed by atoms with van der Waals surface area (Å²) in [5, 5.41) is 4.36. The van der Waals surface area contributed by atoms with Crippen LogP contribution in [0.1, 0.15) is 42.9 Å². The Morgan fingerprint density at radius 3 is 2.43 bits per heavy atom. The molecule has 1 aliphatic carbocycles. The number of benzene rings is 2. The lowest BCUT2D eigenvalue weighted by atomic mass is 9.75. The minimum atomic E-state index is -0.0771. The molecule has 2 aromatic carbocycles. The van der Waals surface area contributed by atoms with Gasteiger partial charge in [-0.1, -0.05) is 41.9 Å². The number of rotatable bonds is 4. The highest BCUT2D eigenvalue weighted by molar-refractivity contribution is 6.30. The van der Waals surface area contributed by atoms with Gasteiger partial charge < -0.3 is 5.32 Å². The summed E-state index contributed by atoms with van der Waals surface area (Å²) in [6.45, 7) is 2.15. The molecule has 1 nitrogen and oxygen atoms in total. The van der Waals surface area contributed by atoms with Crippen LogP contribution < -0.4 is 5.32 Å². The summed E-state index contributed by atoms with van der Waals surface area (Å²) in [4.78, 5) is 0. The molecule has 1 fully saturated rings. The summed E-state index contributed by atoms with van der Waals surface area (Å²) < 4.78 is 13.7. The highest BCUT2D eigenvalue weighted by Crippen LogP contribution is 2.38. The molecule has 0 radical (unpaired) electrons. The van der Waals surface area contributed by atoms with Gasteiger partial charge in [-0.05, 0) is 55.0 Å². The maximum absolute atomic E-state index is 13.7. The monoisotopic (exact) mass is 303 g/mol. The van der Waals surface area contributed by atoms with Crippen molar-refractivity contribution in [1.29, 1.82) is 0 Å². The Hall–Kier alpha value is -1.38. The Balaban J connectivity index is 1.55. The first-order valence-corrected chi connectivity index (χ1v) is 7.77. The molecule has 3 heteroatoms. The molecular weight excluding hydrogens is 285 g/mol. The van der Waals surface area contributed by atoms with Gasteiger partial charge in [0.1, 0.15) is 5.82 Å². The minimum absolute atomic E-state index is 0.0771. The molecule has 0 unspecified atom stereocenters. The number of halogens is 2. The molecule has 0 bridgehead atoms. The Morgan fingerprint density at radius 1 is 1.10 bits per heavy atom. The van der Waals surface area contributed by atoms with Gasteiger partial charge in [0.2, 0.25) is 0 Å². The molecule has 1 N–H and O–H groups in total. The van der Waals surface area contributed by atoms with Crippen LogP contribution in [0.15, 0.2) is 48.5 Å². The molecule has 110 valence electrons. The molecule has 0 aliphatic heterocycles. The fourth-order valence-electron chi connectivity index (χ4n) is 3.02. The fraction of sp³-hybridized carbons (Fsp3) is 0.333. The zero-order chi connectivity index (χ0) is 14.8. The highest BCUT2D eigenvalue weighted by atomic mass is 35.5. The second-order valence-corrected chi connectivity index (χ2v) is 6.26. The zero-order valence-corrected chi connectivity index (χ0v) is 12.8. The highest BCUT2D eigenvalue weighted by Gasteiger charge is 2.32. The van der Waals surface area contributed by atoms with E-state index in [1.54, 1.807) is 12.1 Å². The Kier molecular flexibility index (Phi) is 4.27. The quantitative estimate of drug-likeness (QED) is 0.831. The van der Waals surface area contributed by atoms with Crippen molar-refractivity contribution in [3.8, 4) is 0 Å². The molecular formula is C18H19ClFN. The first kappa shape index (κ1) is 14.6. The van der Waals surface area contributed by atoms with Gasteiger partial charge >= 0.3 is 0 Å². The number of hydrogen-bond acceptors (Lipinski definition) is 1. The molecule has 0 heterocycles. The summed E-state index contributed by atoms with van der Waals surface area (Å²) in [7, 11) is 0. The summed E-state index contributed by atoms with van der Waals surface area (Å²) >= 11 is 5.91. The smallest absolute Gasteiger partial charge is 0.126 e. The van der Waals surface area contributed by atoms with Crippen molar-refractivity contribution in [3.05, 3.63) is 70.5 Å². The van der Waals surface area contributed by atoms with Crippen LogP contribution in [0.5, 0.6) is 0 Å². The van der Waals surface area contributed by atoms with Crippen LogP contribution in [0.4, 0.5) is 4.39 Å². The summed E-state index contributed by atoms with van der Waals surface area (Å²) in [6, 6.07) is 15.8. The lowest BCUT2D eigenvalue weighted by Gasteiger charge is -2.38. The topological polar surface area (TPSA) is 12.0 Å². The Bertz CT molecular complexity index is 605. The maximum Gasteiger partial charge on any atom is 0.126 e. The van der Waals surface area contributed by atoms with Crippen molar-refractivity contribution in [1.82, 2.24) is 5.32 Å². The molecule has 21 heavy (non-hydrogen) atoms. The van der Waals surface area contributed by atoms with Gasteiger partial charge in [-0.15, -0.1) is 0 Å². The minimum Gasteiger partial charge on any atom is -0.307 e. The molecule has 1 saturated carbocycles. The van der Waals surface area contributed by atoms with E-state index in [9.17, 15) is 4.39 Å². The van der Waals surface area contributed by atoms with Gasteiger partial charge in [0.05, 0.1) is 0 Å². The third-order valence-corrected chi connectivity index (χ3v) is 4.59. The van der Waals surface area contributed by atoms with Crippen molar-refractivity contribution in [3.63, 3.8) is 0 Å². The molecule has 0 saturated heterocycles. The van der Waals surface area contributed by atoms with Crippen molar-refractivity contribution >= 4 is 11.6 Å². The molecule has 0 spiro atoms. The van der Waals surface area contributed by atoms with Crippen LogP contribution >= 0.6 is 11.6 Å². The SMILES string of the molecule is C[C@H](NC1CC(c2ccccc2F)C1)c1ccc(Cl)cc1. The van der Waals surface area contributed by atoms with Gasteiger partial charge in [0.25, 0.3) is 0 Å². The average molecular weight is 304 g/mol. The van der Waals surface area contributed by atoms with Crippen molar-refractivity contribution in [2.45, 2.75) is 37.8 Å². The standard InChI is InChI=1S/C18H19ClFN/c1-12(13-6-8-15(19)9-7-13)21-16-10-14(11-16)17-4-2-3-5-18(17)20/h2-9,12,14,16,21H,10-11H2,1H3/t12-,14?,16?/m0/s1. The normalized spacial score (nSPS) is 22.6. The van der Waals surface area contributed by atoms with Crippen LogP contribution in [-0.2, 0) is 0 Å². The second-order valence-electron chi connectivity index (χ2n) is 5.83. The molecule has 2 aromatic rings. The van der Waals surface area contributed by atoms with E-state index in [-0.39, 0.29) is 11.9 Å². The Labute approximate surface area is 130 Å². The molecule has 0 aromatic heterocycles. The molecule has 3 rings (SSSR count). The van der Waals surface area contributed by atoms with E-state index < -0.39 is 0 Å². The molecule has 1 aliphatic rings. The van der Waals surface area contributed by atoms with Gasteiger partial charge in [-0.2, -0.15) is 0 Å². The summed E-state index contributed by atoms with van der Waals surface area (Å²) in [6.07, 6.45) is 2.00. The lowest BCUT2D eigenvalue weighted by molar-refractivity contribution is 0.266. The number of nitrogens with one attached hydrogen (secondary N) is 1. The third-order valence-electron chi connectivity index (χ3n) is 4.34. The van der Waals surface area contributed by atoms with Gasteiger partial charge in [-0.25, -0.2) is 4.39 Å². The van der Waals surface area contributed by atoms with Gasteiger partial charge in [-0.3, -0.25) is 0 Å². The van der Waals surface area contributed by atoms with Gasteiger partial charge in [0, 0.05) is 17.1 Å². The van der Waals surface area contributed by atoms with Gasteiger partial charge in [0.15, 0.2) is 0 Å². The maximum atomic E-state index is 13.7. The fourth-order valence-corrected chi connectivity index (χ4v) is 3.14. The third kappa shape index (κ3) is 3.28. The van der Waals surface area contributed by atoms with E-state index in [1.165, 1.54) is 5.56 Å². The van der Waals surface area contributed by atoms with E-state index >= 15 is 0 Å². The lowest BCUT2D eigenvalue weighted by Crippen LogP contribution is -2.41. The van der Waals surface area contributed by atoms with Crippen LogP contribution in [0.3, 0.4) is 0 Å². The van der Waals surface area contributed by atoms with Crippen LogP contribution in [-0.4, -0.2) is 6.04 Å². The van der Waals surface area contributed by atoms with E-state index in [2.05, 4.69) is 12.2 Å². The van der Waals surface area contributed by atoms with Crippen molar-refractivity contribution < 1.29 is 4.39 Å². The van der Waals surface area contributed by atoms with Crippen molar-refractivity contribution in [2.75, 3.05) is 0 Å². The van der Waals surface area contributed by atoms with Crippen molar-refractivity contribution in [2.24, 2.45) is 0 Å². The summed E-state index contributed by atoms with van der Waals surface area (Å²) in [5.41, 5.74) is 2.09. The van der Waals surface area contributed by atoms with E-state index in [1.807, 2.05) is 36.4 Å². The predicted molar refractivity (Wildman–Crippen MR) is 85.2 cm³/mol. The van der Waals surface area contributed by atoms with E-state index in [4.69, 9.17) is 11.6 Å². The largest absolute Gasteiger partial charge is 0.307 e. The van der Waals surface area contributed by atoms with E-state index in [0.717, 1.165) is 23.4 Å². The predicted octanol–water partition coefficient (Wildman–Crippen LogP) is 5.08.